The summed E-state index contributed by atoms with van der Waals surface area (Å²) in [4.78, 5) is 7.85. The highest BCUT2D eigenvalue weighted by atomic mass is 15.0. The van der Waals surface area contributed by atoms with Crippen LogP contribution < -0.4 is 11.1 Å². The summed E-state index contributed by atoms with van der Waals surface area (Å²) < 4.78 is 0. The van der Waals surface area contributed by atoms with Crippen LogP contribution >= 0.6 is 0 Å². The van der Waals surface area contributed by atoms with Crippen molar-refractivity contribution in [1.82, 2.24) is 9.97 Å². The van der Waals surface area contributed by atoms with E-state index in [1.165, 1.54) is 6.33 Å². The Hall–Kier alpha value is -1.58. The van der Waals surface area contributed by atoms with Crippen molar-refractivity contribution < 1.29 is 0 Å². The van der Waals surface area contributed by atoms with Gasteiger partial charge in [-0.2, -0.15) is 0 Å². The fourth-order valence-electron chi connectivity index (χ4n) is 0.872. The Bertz CT molecular complexity index is 320. The van der Waals surface area contributed by atoms with E-state index in [9.17, 15) is 0 Å². The first-order chi connectivity index (χ1) is 6.55. The van der Waals surface area contributed by atoms with Gasteiger partial charge in [0.05, 0.1) is 11.9 Å². The maximum Gasteiger partial charge on any atom is 0.152 e. The maximum absolute atomic E-state index is 5.68. The molecule has 4 nitrogen and oxygen atoms in total. The number of nitrogen functional groups attached to an aromatic ring is 1. The van der Waals surface area contributed by atoms with Crippen LogP contribution in [0.25, 0.3) is 0 Å². The zero-order valence-electron chi connectivity index (χ0n) is 8.62. The van der Waals surface area contributed by atoms with Crippen molar-refractivity contribution in [2.24, 2.45) is 5.41 Å². The Morgan fingerprint density at radius 3 is 2.93 bits per heavy atom. The van der Waals surface area contributed by atoms with Crippen LogP contribution in [0.2, 0.25) is 0 Å². The number of rotatable bonds is 4. The molecule has 0 saturated heterocycles. The minimum absolute atomic E-state index is 0.0252. The van der Waals surface area contributed by atoms with E-state index in [0.29, 0.717) is 11.5 Å². The Morgan fingerprint density at radius 1 is 1.64 bits per heavy atom. The van der Waals surface area contributed by atoms with Gasteiger partial charge in [0.15, 0.2) is 5.82 Å². The van der Waals surface area contributed by atoms with Gasteiger partial charge in [-0.1, -0.05) is 19.9 Å². The number of hydrogen-bond donors (Lipinski definition) is 2. The van der Waals surface area contributed by atoms with Crippen LogP contribution in [0.5, 0.6) is 0 Å². The number of anilines is 2. The molecule has 1 rings (SSSR count). The van der Waals surface area contributed by atoms with Crippen LogP contribution in [0, 0.1) is 5.41 Å². The zero-order chi connectivity index (χ0) is 10.6. The van der Waals surface area contributed by atoms with E-state index in [-0.39, 0.29) is 5.41 Å². The zero-order valence-corrected chi connectivity index (χ0v) is 8.62. The Kier molecular flexibility index (Phi) is 3.06. The molecular formula is C10H16N4. The molecule has 0 aliphatic carbocycles. The molecule has 14 heavy (non-hydrogen) atoms. The highest BCUT2D eigenvalue weighted by molar-refractivity contribution is 5.58. The van der Waals surface area contributed by atoms with Gasteiger partial charge in [-0.15, -0.1) is 6.58 Å². The van der Waals surface area contributed by atoms with Gasteiger partial charge in [0.2, 0.25) is 0 Å². The second-order valence-corrected chi connectivity index (χ2v) is 3.87. The largest absolute Gasteiger partial charge is 0.394 e. The van der Waals surface area contributed by atoms with Crippen LogP contribution in [0.1, 0.15) is 13.8 Å². The molecule has 0 radical (unpaired) electrons. The molecule has 0 atom stereocenters. The van der Waals surface area contributed by atoms with Crippen LogP contribution in [-0.4, -0.2) is 16.5 Å². The fraction of sp³-hybridized carbons (Fsp3) is 0.400. The van der Waals surface area contributed by atoms with Gasteiger partial charge in [0.1, 0.15) is 6.33 Å². The van der Waals surface area contributed by atoms with Crippen molar-refractivity contribution in [3.63, 3.8) is 0 Å². The molecule has 1 aromatic heterocycles. The third kappa shape index (κ3) is 2.73. The number of nitrogens with one attached hydrogen (secondary N) is 1. The maximum atomic E-state index is 5.68. The van der Waals surface area contributed by atoms with Crippen LogP contribution in [0.3, 0.4) is 0 Å². The highest BCUT2D eigenvalue weighted by Gasteiger charge is 2.13. The molecule has 0 spiro atoms. The molecule has 4 heteroatoms. The first-order valence-electron chi connectivity index (χ1n) is 4.48. The lowest BCUT2D eigenvalue weighted by Gasteiger charge is -2.20. The summed E-state index contributed by atoms with van der Waals surface area (Å²) in [5.74, 6) is 0.676. The first kappa shape index (κ1) is 10.5. The third-order valence-electron chi connectivity index (χ3n) is 2.00. The van der Waals surface area contributed by atoms with Gasteiger partial charge in [-0.25, -0.2) is 9.97 Å². The molecule has 0 aliphatic heterocycles. The molecule has 3 N–H and O–H groups in total. The molecule has 0 bridgehead atoms. The Morgan fingerprint density at radius 2 is 2.36 bits per heavy atom. The summed E-state index contributed by atoms with van der Waals surface area (Å²) in [6, 6.07) is 0. The first-order valence-corrected chi connectivity index (χ1v) is 4.48. The minimum Gasteiger partial charge on any atom is -0.394 e. The quantitative estimate of drug-likeness (QED) is 0.712. The molecule has 1 heterocycles. The molecule has 0 fully saturated rings. The summed E-state index contributed by atoms with van der Waals surface area (Å²) in [6.45, 7) is 8.69. The van der Waals surface area contributed by atoms with Gasteiger partial charge < -0.3 is 11.1 Å². The topological polar surface area (TPSA) is 63.8 Å². The average molecular weight is 192 g/mol. The van der Waals surface area contributed by atoms with Crippen molar-refractivity contribution in [1.29, 1.82) is 0 Å². The monoisotopic (exact) mass is 192 g/mol. The van der Waals surface area contributed by atoms with Gasteiger partial charge in [-0.3, -0.25) is 0 Å². The molecule has 0 aromatic carbocycles. The number of nitrogens with zero attached hydrogens (tertiary/aromatic N) is 2. The standard InChI is InChI=1S/C10H16N4/c1-4-10(2,3)6-13-9-8(11)5-12-7-14-9/h4-5,7H,1,6,11H2,2-3H3,(H,12,13,14). The van der Waals surface area contributed by atoms with Crippen molar-refractivity contribution in [2.45, 2.75) is 13.8 Å². The lowest BCUT2D eigenvalue weighted by Crippen LogP contribution is -2.21. The third-order valence-corrected chi connectivity index (χ3v) is 2.00. The Labute approximate surface area is 84.3 Å². The van der Waals surface area contributed by atoms with Crippen molar-refractivity contribution in [3.05, 3.63) is 25.2 Å². The second kappa shape index (κ2) is 4.09. The summed E-state index contributed by atoms with van der Waals surface area (Å²) >= 11 is 0. The number of aromatic nitrogens is 2. The van der Waals surface area contributed by atoms with E-state index in [1.807, 2.05) is 6.08 Å². The normalized spacial score (nSPS) is 11.0. The van der Waals surface area contributed by atoms with Crippen molar-refractivity contribution in [2.75, 3.05) is 17.6 Å². The molecule has 0 aliphatic rings. The van der Waals surface area contributed by atoms with E-state index in [2.05, 4.69) is 35.7 Å². The van der Waals surface area contributed by atoms with Gasteiger partial charge in [0, 0.05) is 6.54 Å². The van der Waals surface area contributed by atoms with Crippen LogP contribution in [0.15, 0.2) is 25.2 Å². The second-order valence-electron chi connectivity index (χ2n) is 3.87. The van der Waals surface area contributed by atoms with E-state index in [1.54, 1.807) is 6.20 Å². The summed E-state index contributed by atoms with van der Waals surface area (Å²) in [5.41, 5.74) is 6.27. The van der Waals surface area contributed by atoms with E-state index < -0.39 is 0 Å². The molecule has 76 valence electrons. The fourth-order valence-corrected chi connectivity index (χ4v) is 0.872. The number of hydrogen-bond acceptors (Lipinski definition) is 4. The smallest absolute Gasteiger partial charge is 0.152 e. The predicted octanol–water partition coefficient (Wildman–Crippen LogP) is 1.68. The summed E-state index contributed by atoms with van der Waals surface area (Å²) in [6.07, 6.45) is 4.95. The van der Waals surface area contributed by atoms with Crippen LogP contribution in [-0.2, 0) is 0 Å². The average Bonchev–Trinajstić information content (AvgIpc) is 2.17. The summed E-state index contributed by atoms with van der Waals surface area (Å²) in [7, 11) is 0. The lowest BCUT2D eigenvalue weighted by atomic mass is 9.94. The van der Waals surface area contributed by atoms with Gasteiger partial charge in [0.25, 0.3) is 0 Å². The SMILES string of the molecule is C=CC(C)(C)CNc1ncncc1N. The van der Waals surface area contributed by atoms with Crippen LogP contribution in [0.4, 0.5) is 11.5 Å². The number of nitrogens with two attached hydrogens (primary N) is 1. The molecular weight excluding hydrogens is 176 g/mol. The molecule has 0 unspecified atom stereocenters. The Balaban J connectivity index is 2.62. The van der Waals surface area contributed by atoms with Crippen molar-refractivity contribution >= 4 is 11.5 Å². The summed E-state index contributed by atoms with van der Waals surface area (Å²) in [5, 5.41) is 3.16. The highest BCUT2D eigenvalue weighted by Crippen LogP contribution is 2.18. The molecule has 0 saturated carbocycles. The molecule has 1 aromatic rings. The van der Waals surface area contributed by atoms with E-state index >= 15 is 0 Å². The van der Waals surface area contributed by atoms with Gasteiger partial charge in [-0.05, 0) is 5.41 Å². The van der Waals surface area contributed by atoms with Gasteiger partial charge >= 0.3 is 0 Å². The lowest BCUT2D eigenvalue weighted by molar-refractivity contribution is 0.513. The predicted molar refractivity (Wildman–Crippen MR) is 58.9 cm³/mol. The van der Waals surface area contributed by atoms with Crippen molar-refractivity contribution in [3.8, 4) is 0 Å². The molecule has 0 amide bonds. The van der Waals surface area contributed by atoms with E-state index in [4.69, 9.17) is 5.73 Å². The minimum atomic E-state index is 0.0252. The van der Waals surface area contributed by atoms with E-state index in [0.717, 1.165) is 6.54 Å².